The van der Waals surface area contributed by atoms with Gasteiger partial charge in [0.1, 0.15) is 5.82 Å². The number of carbonyl (C=O) groups is 1. The summed E-state index contributed by atoms with van der Waals surface area (Å²) < 4.78 is 13.4. The summed E-state index contributed by atoms with van der Waals surface area (Å²) in [6.07, 6.45) is 7.57. The van der Waals surface area contributed by atoms with Gasteiger partial charge in [-0.15, -0.1) is 11.8 Å². The summed E-state index contributed by atoms with van der Waals surface area (Å²) in [5.41, 5.74) is 2.32. The zero-order chi connectivity index (χ0) is 20.6. The molecule has 2 aromatic carbocycles. The quantitative estimate of drug-likeness (QED) is 0.540. The Kier molecular flexibility index (Phi) is 5.61. The Balaban J connectivity index is 1.34. The normalized spacial score (nSPS) is 29.2. The number of thioether (sulfide) groups is 1. The second kappa shape index (κ2) is 8.37. The van der Waals surface area contributed by atoms with Gasteiger partial charge < -0.3 is 4.90 Å². The fraction of sp³-hybridized carbons (Fsp3) is 0.500. The van der Waals surface area contributed by atoms with Gasteiger partial charge >= 0.3 is 0 Å². The molecule has 4 heteroatoms. The van der Waals surface area contributed by atoms with E-state index in [4.69, 9.17) is 0 Å². The molecule has 0 N–H and O–H groups in total. The Morgan fingerprint density at radius 3 is 2.10 bits per heavy atom. The third-order valence-corrected chi connectivity index (χ3v) is 8.46. The minimum atomic E-state index is -0.218. The lowest BCUT2D eigenvalue weighted by Gasteiger charge is -2.60. The van der Waals surface area contributed by atoms with Crippen molar-refractivity contribution in [3.05, 3.63) is 71.5 Å². The van der Waals surface area contributed by atoms with E-state index >= 15 is 0 Å². The number of hydrogen-bond donors (Lipinski definition) is 0. The van der Waals surface area contributed by atoms with Crippen molar-refractivity contribution in [3.63, 3.8) is 0 Å². The molecular weight excluding hydrogens is 393 g/mol. The Bertz CT molecular complexity index is 846. The molecule has 2 nitrogen and oxygen atoms in total. The van der Waals surface area contributed by atoms with Crippen LogP contribution in [0.3, 0.4) is 0 Å². The summed E-state index contributed by atoms with van der Waals surface area (Å²) in [5.74, 6) is 3.77. The highest BCUT2D eigenvalue weighted by molar-refractivity contribution is 7.99. The second-order valence-electron chi connectivity index (χ2n) is 9.73. The van der Waals surface area contributed by atoms with Crippen LogP contribution in [0.4, 0.5) is 4.39 Å². The van der Waals surface area contributed by atoms with Crippen molar-refractivity contribution in [2.45, 2.75) is 56.4 Å². The predicted molar refractivity (Wildman–Crippen MR) is 120 cm³/mol. The zero-order valence-corrected chi connectivity index (χ0v) is 18.3. The smallest absolute Gasteiger partial charge is 0.233 e. The van der Waals surface area contributed by atoms with E-state index in [1.165, 1.54) is 37.0 Å². The van der Waals surface area contributed by atoms with Crippen LogP contribution in [-0.2, 0) is 17.1 Å². The lowest BCUT2D eigenvalue weighted by atomic mass is 9.52. The van der Waals surface area contributed by atoms with E-state index in [2.05, 4.69) is 17.0 Å². The van der Waals surface area contributed by atoms with Crippen molar-refractivity contribution in [2.24, 2.45) is 17.8 Å². The average molecular weight is 424 g/mol. The van der Waals surface area contributed by atoms with Gasteiger partial charge in [0, 0.05) is 17.8 Å². The molecule has 0 saturated heterocycles. The first kappa shape index (κ1) is 20.1. The standard InChI is InChI=1S/C26H30FNOS/c27-24-8-6-19(7-9-24)16-28(25(29)18-30-17-20-4-2-1-3-5-20)26-13-21-10-22(14-26)12-23(11-21)15-26/h1-9,21-23H,10-18H2. The van der Waals surface area contributed by atoms with Gasteiger partial charge in [0.2, 0.25) is 5.91 Å². The molecule has 0 aliphatic heterocycles. The average Bonchev–Trinajstić information content (AvgIpc) is 2.73. The van der Waals surface area contributed by atoms with Crippen LogP contribution in [0.15, 0.2) is 54.6 Å². The number of benzene rings is 2. The van der Waals surface area contributed by atoms with Gasteiger partial charge in [0.15, 0.2) is 0 Å². The molecule has 0 atom stereocenters. The molecule has 1 amide bonds. The third kappa shape index (κ3) is 4.16. The van der Waals surface area contributed by atoms with Crippen LogP contribution in [0.2, 0.25) is 0 Å². The van der Waals surface area contributed by atoms with Gasteiger partial charge in [-0.3, -0.25) is 4.79 Å². The van der Waals surface area contributed by atoms with Crippen molar-refractivity contribution in [1.29, 1.82) is 0 Å². The first-order chi connectivity index (χ1) is 14.6. The maximum atomic E-state index is 13.6. The first-order valence-corrected chi connectivity index (χ1v) is 12.4. The molecule has 0 aromatic heterocycles. The van der Waals surface area contributed by atoms with Gasteiger partial charge in [0.05, 0.1) is 5.75 Å². The van der Waals surface area contributed by atoms with Crippen molar-refractivity contribution in [2.75, 3.05) is 5.75 Å². The lowest BCUT2D eigenvalue weighted by molar-refractivity contribution is -0.149. The molecule has 0 heterocycles. The monoisotopic (exact) mass is 423 g/mol. The van der Waals surface area contributed by atoms with Crippen molar-refractivity contribution >= 4 is 17.7 Å². The fourth-order valence-electron chi connectivity index (χ4n) is 6.60. The summed E-state index contributed by atoms with van der Waals surface area (Å²) in [5, 5.41) is 0. The Hall–Kier alpha value is -1.81. The van der Waals surface area contributed by atoms with Gasteiger partial charge in [-0.25, -0.2) is 4.39 Å². The zero-order valence-electron chi connectivity index (χ0n) is 17.4. The number of amides is 1. The number of halogens is 1. The van der Waals surface area contributed by atoms with Crippen LogP contribution in [0.25, 0.3) is 0 Å². The minimum Gasteiger partial charge on any atom is -0.332 e. The summed E-state index contributed by atoms with van der Waals surface area (Å²) >= 11 is 1.71. The fourth-order valence-corrected chi connectivity index (χ4v) is 7.46. The summed E-state index contributed by atoms with van der Waals surface area (Å²) in [7, 11) is 0. The maximum absolute atomic E-state index is 13.6. The summed E-state index contributed by atoms with van der Waals surface area (Å²) in [4.78, 5) is 15.8. The molecule has 6 rings (SSSR count). The molecule has 4 aliphatic carbocycles. The van der Waals surface area contributed by atoms with Crippen LogP contribution in [-0.4, -0.2) is 22.1 Å². The number of carbonyl (C=O) groups excluding carboxylic acids is 1. The topological polar surface area (TPSA) is 20.3 Å². The minimum absolute atomic E-state index is 0.0214. The summed E-state index contributed by atoms with van der Waals surface area (Å²) in [6.45, 7) is 0.608. The Morgan fingerprint density at radius 2 is 1.50 bits per heavy atom. The summed E-state index contributed by atoms with van der Waals surface area (Å²) in [6, 6.07) is 17.1. The molecule has 2 aromatic rings. The highest BCUT2D eigenvalue weighted by Gasteiger charge is 2.54. The molecule has 4 bridgehead atoms. The number of rotatable bonds is 7. The number of nitrogens with zero attached hydrogens (tertiary/aromatic N) is 1. The van der Waals surface area contributed by atoms with E-state index in [0.29, 0.717) is 12.3 Å². The SMILES string of the molecule is O=C(CSCc1ccccc1)N(Cc1ccc(F)cc1)C12CC3CC(CC(C3)C1)C2. The van der Waals surface area contributed by atoms with Gasteiger partial charge in [-0.2, -0.15) is 0 Å². The van der Waals surface area contributed by atoms with E-state index in [9.17, 15) is 9.18 Å². The first-order valence-electron chi connectivity index (χ1n) is 11.3. The second-order valence-corrected chi connectivity index (χ2v) is 10.7. The molecule has 4 aliphatic rings. The van der Waals surface area contributed by atoms with E-state index in [1.54, 1.807) is 11.8 Å². The van der Waals surface area contributed by atoms with Gasteiger partial charge in [-0.1, -0.05) is 42.5 Å². The molecule has 0 radical (unpaired) electrons. The van der Waals surface area contributed by atoms with Crippen molar-refractivity contribution < 1.29 is 9.18 Å². The highest BCUT2D eigenvalue weighted by Crippen LogP contribution is 2.58. The molecular formula is C26H30FNOS. The van der Waals surface area contributed by atoms with E-state index in [1.807, 2.05) is 30.3 Å². The van der Waals surface area contributed by atoms with E-state index in [0.717, 1.165) is 48.3 Å². The van der Waals surface area contributed by atoms with Crippen LogP contribution in [0, 0.1) is 23.6 Å². The van der Waals surface area contributed by atoms with Crippen LogP contribution < -0.4 is 0 Å². The highest BCUT2D eigenvalue weighted by atomic mass is 32.2. The van der Waals surface area contributed by atoms with Crippen molar-refractivity contribution in [3.8, 4) is 0 Å². The van der Waals surface area contributed by atoms with Gasteiger partial charge in [0.25, 0.3) is 0 Å². The third-order valence-electron chi connectivity index (χ3n) is 7.47. The number of hydrogen-bond acceptors (Lipinski definition) is 2. The van der Waals surface area contributed by atoms with Crippen LogP contribution >= 0.6 is 11.8 Å². The molecule has 4 fully saturated rings. The Labute approximate surface area is 183 Å². The Morgan fingerprint density at radius 1 is 0.900 bits per heavy atom. The van der Waals surface area contributed by atoms with Gasteiger partial charge in [-0.05, 0) is 79.5 Å². The lowest BCUT2D eigenvalue weighted by Crippen LogP contribution is -2.61. The predicted octanol–water partition coefficient (Wildman–Crippen LogP) is 6.06. The van der Waals surface area contributed by atoms with Crippen molar-refractivity contribution in [1.82, 2.24) is 4.90 Å². The molecule has 30 heavy (non-hydrogen) atoms. The molecule has 0 unspecified atom stereocenters. The largest absolute Gasteiger partial charge is 0.332 e. The van der Waals surface area contributed by atoms with E-state index in [-0.39, 0.29) is 17.3 Å². The molecule has 158 valence electrons. The van der Waals surface area contributed by atoms with Crippen LogP contribution in [0.5, 0.6) is 0 Å². The molecule has 4 saturated carbocycles. The maximum Gasteiger partial charge on any atom is 0.233 e. The van der Waals surface area contributed by atoms with Crippen LogP contribution in [0.1, 0.15) is 49.7 Å². The molecule has 0 spiro atoms. The van der Waals surface area contributed by atoms with E-state index < -0.39 is 0 Å².